The minimum absolute atomic E-state index is 0.219. The molecule has 0 aromatic heterocycles. The van der Waals surface area contributed by atoms with E-state index in [9.17, 15) is 4.79 Å². The Morgan fingerprint density at radius 3 is 2.04 bits per heavy atom. The van der Waals surface area contributed by atoms with Crippen molar-refractivity contribution >= 4 is 11.5 Å². The van der Waals surface area contributed by atoms with Crippen molar-refractivity contribution in [1.82, 2.24) is 4.90 Å². The lowest BCUT2D eigenvalue weighted by Crippen LogP contribution is -2.47. The van der Waals surface area contributed by atoms with Gasteiger partial charge in [-0.25, -0.2) is 0 Å². The average molecular weight is 371 g/mol. The van der Waals surface area contributed by atoms with Crippen LogP contribution in [0.25, 0.3) is 0 Å². The molecule has 0 N–H and O–H groups in total. The topological polar surface area (TPSA) is 32.8 Å². The second-order valence-corrected chi connectivity index (χ2v) is 8.47. The van der Waals surface area contributed by atoms with E-state index in [-0.39, 0.29) is 5.78 Å². The maximum atomic E-state index is 11.8. The summed E-state index contributed by atoms with van der Waals surface area (Å²) in [4.78, 5) is 16.9. The fourth-order valence-electron chi connectivity index (χ4n) is 4.71. The fourth-order valence-corrected chi connectivity index (χ4v) is 4.71. The summed E-state index contributed by atoms with van der Waals surface area (Å²) in [5, 5.41) is 0. The quantitative estimate of drug-likeness (QED) is 0.700. The third-order valence-corrected chi connectivity index (χ3v) is 6.77. The van der Waals surface area contributed by atoms with Gasteiger partial charge in [-0.15, -0.1) is 0 Å². The third kappa shape index (κ3) is 4.55. The summed E-state index contributed by atoms with van der Waals surface area (Å²) in [6, 6.07) is 9.02. The van der Waals surface area contributed by atoms with Crippen LogP contribution in [0.3, 0.4) is 0 Å². The monoisotopic (exact) mass is 370 g/mol. The van der Waals surface area contributed by atoms with Crippen LogP contribution < -0.4 is 4.90 Å². The zero-order valence-corrected chi connectivity index (χ0v) is 16.7. The molecule has 2 saturated heterocycles. The number of carbonyl (C=O) groups is 1. The minimum atomic E-state index is 0.219. The van der Waals surface area contributed by atoms with Crippen LogP contribution >= 0.6 is 0 Å². The summed E-state index contributed by atoms with van der Waals surface area (Å²) in [6.45, 7) is 6.48. The summed E-state index contributed by atoms with van der Waals surface area (Å²) in [7, 11) is 0. The smallest absolute Gasteiger partial charge is 0.162 e. The van der Waals surface area contributed by atoms with Crippen molar-refractivity contribution in [2.24, 2.45) is 0 Å². The lowest BCUT2D eigenvalue weighted by atomic mass is 9.89. The lowest BCUT2D eigenvalue weighted by Gasteiger charge is -2.43. The normalized spacial score (nSPS) is 23.4. The molecule has 148 valence electrons. The molecule has 3 aliphatic rings. The first-order valence-electron chi connectivity index (χ1n) is 11.0. The Balaban J connectivity index is 1.20. The molecule has 4 rings (SSSR count). The molecule has 0 radical (unpaired) electrons. The number of carbonyl (C=O) groups excluding carboxylic acids is 1. The largest absolute Gasteiger partial charge is 0.375 e. The summed E-state index contributed by atoms with van der Waals surface area (Å²) >= 11 is 0. The second-order valence-electron chi connectivity index (χ2n) is 8.47. The van der Waals surface area contributed by atoms with Gasteiger partial charge < -0.3 is 14.5 Å². The van der Waals surface area contributed by atoms with Crippen molar-refractivity contribution in [3.8, 4) is 0 Å². The van der Waals surface area contributed by atoms with Crippen molar-refractivity contribution in [2.45, 2.75) is 76.5 Å². The van der Waals surface area contributed by atoms with E-state index in [2.05, 4.69) is 21.9 Å². The number of hydrogen-bond acceptors (Lipinski definition) is 4. The van der Waals surface area contributed by atoms with Gasteiger partial charge in [-0.3, -0.25) is 4.79 Å². The predicted octanol–water partition coefficient (Wildman–Crippen LogP) is 4.28. The highest BCUT2D eigenvalue weighted by atomic mass is 16.5. The molecule has 3 fully saturated rings. The Hall–Kier alpha value is -1.39. The number of benzene rings is 1. The van der Waals surface area contributed by atoms with Gasteiger partial charge in [0.25, 0.3) is 0 Å². The molecule has 1 aliphatic carbocycles. The highest BCUT2D eigenvalue weighted by Crippen LogP contribution is 2.29. The number of anilines is 1. The Bertz CT molecular complexity index is 610. The van der Waals surface area contributed by atoms with E-state index >= 15 is 0 Å². The van der Waals surface area contributed by atoms with Gasteiger partial charge in [0.1, 0.15) is 0 Å². The average Bonchev–Trinajstić information content (AvgIpc) is 2.68. The first-order valence-corrected chi connectivity index (χ1v) is 11.0. The molecule has 0 amide bonds. The first-order chi connectivity index (χ1) is 13.2. The van der Waals surface area contributed by atoms with Crippen molar-refractivity contribution < 1.29 is 9.53 Å². The molecule has 4 heteroatoms. The van der Waals surface area contributed by atoms with Crippen LogP contribution in [0.15, 0.2) is 24.3 Å². The predicted molar refractivity (Wildman–Crippen MR) is 110 cm³/mol. The standard InChI is InChI=1S/C23H34N2O2/c1-2-23(26)18-6-8-20(9-7-18)25-16-12-22(13-17-25)27-21-10-14-24(15-11-21)19-4-3-5-19/h6-9,19,21-22H,2-5,10-17H2,1H3. The minimum Gasteiger partial charge on any atom is -0.375 e. The SMILES string of the molecule is CCC(=O)c1ccc(N2CCC(OC3CCN(C4CCC4)CC3)CC2)cc1. The number of ketones is 1. The van der Waals surface area contributed by atoms with Crippen molar-refractivity contribution in [2.75, 3.05) is 31.1 Å². The molecule has 2 aliphatic heterocycles. The van der Waals surface area contributed by atoms with Crippen LogP contribution in [0.4, 0.5) is 5.69 Å². The van der Waals surface area contributed by atoms with Gasteiger partial charge in [-0.05, 0) is 62.8 Å². The van der Waals surface area contributed by atoms with E-state index in [4.69, 9.17) is 4.74 Å². The van der Waals surface area contributed by atoms with E-state index in [1.54, 1.807) is 0 Å². The molecular weight excluding hydrogens is 336 g/mol. The van der Waals surface area contributed by atoms with Gasteiger partial charge in [-0.1, -0.05) is 13.3 Å². The van der Waals surface area contributed by atoms with Crippen LogP contribution in [-0.4, -0.2) is 55.1 Å². The van der Waals surface area contributed by atoms with Gasteiger partial charge in [-0.2, -0.15) is 0 Å². The van der Waals surface area contributed by atoms with Crippen molar-refractivity contribution in [3.05, 3.63) is 29.8 Å². The van der Waals surface area contributed by atoms with E-state index in [0.29, 0.717) is 18.6 Å². The first kappa shape index (κ1) is 18.9. The zero-order chi connectivity index (χ0) is 18.6. The Morgan fingerprint density at radius 1 is 0.926 bits per heavy atom. The van der Waals surface area contributed by atoms with E-state index in [1.165, 1.54) is 50.9 Å². The van der Waals surface area contributed by atoms with Gasteiger partial charge >= 0.3 is 0 Å². The van der Waals surface area contributed by atoms with Crippen LogP contribution in [0, 0.1) is 0 Å². The number of likely N-dealkylation sites (tertiary alicyclic amines) is 1. The van der Waals surface area contributed by atoms with E-state index in [0.717, 1.165) is 37.5 Å². The maximum absolute atomic E-state index is 11.8. The van der Waals surface area contributed by atoms with Gasteiger partial charge in [0.05, 0.1) is 12.2 Å². The lowest BCUT2D eigenvalue weighted by molar-refractivity contribution is -0.0598. The van der Waals surface area contributed by atoms with Crippen molar-refractivity contribution in [1.29, 1.82) is 0 Å². The Morgan fingerprint density at radius 2 is 1.52 bits per heavy atom. The third-order valence-electron chi connectivity index (χ3n) is 6.77. The fraction of sp³-hybridized carbons (Fsp3) is 0.696. The highest BCUT2D eigenvalue weighted by Gasteiger charge is 2.30. The Labute approximate surface area is 163 Å². The van der Waals surface area contributed by atoms with E-state index in [1.807, 2.05) is 19.1 Å². The number of nitrogens with zero attached hydrogens (tertiary/aromatic N) is 2. The van der Waals surface area contributed by atoms with Crippen LogP contribution in [-0.2, 0) is 4.74 Å². The highest BCUT2D eigenvalue weighted by molar-refractivity contribution is 5.96. The van der Waals surface area contributed by atoms with E-state index < -0.39 is 0 Å². The maximum Gasteiger partial charge on any atom is 0.162 e. The number of piperidine rings is 2. The molecule has 0 spiro atoms. The molecule has 4 nitrogen and oxygen atoms in total. The Kier molecular flexibility index (Phi) is 6.14. The van der Waals surface area contributed by atoms with Gasteiger partial charge in [0.15, 0.2) is 5.78 Å². The summed E-state index contributed by atoms with van der Waals surface area (Å²) < 4.78 is 6.46. The van der Waals surface area contributed by atoms with Crippen LogP contribution in [0.2, 0.25) is 0 Å². The van der Waals surface area contributed by atoms with Crippen molar-refractivity contribution in [3.63, 3.8) is 0 Å². The van der Waals surface area contributed by atoms with Gasteiger partial charge in [0.2, 0.25) is 0 Å². The molecule has 0 atom stereocenters. The molecule has 1 aromatic carbocycles. The molecule has 2 heterocycles. The molecule has 1 saturated carbocycles. The summed E-state index contributed by atoms with van der Waals surface area (Å²) in [5.41, 5.74) is 2.06. The summed E-state index contributed by atoms with van der Waals surface area (Å²) in [6.07, 6.45) is 10.4. The summed E-state index contributed by atoms with van der Waals surface area (Å²) in [5.74, 6) is 0.219. The molecule has 0 bridgehead atoms. The molecule has 27 heavy (non-hydrogen) atoms. The van der Waals surface area contributed by atoms with Crippen LogP contribution in [0.5, 0.6) is 0 Å². The molecule has 0 unspecified atom stereocenters. The molecule has 1 aromatic rings. The number of Topliss-reactive ketones (excluding diaryl/α,β-unsaturated/α-hetero) is 1. The number of hydrogen-bond donors (Lipinski definition) is 0. The number of rotatable bonds is 6. The second kappa shape index (κ2) is 8.74. The van der Waals surface area contributed by atoms with Crippen LogP contribution in [0.1, 0.15) is 68.6 Å². The van der Waals surface area contributed by atoms with Gasteiger partial charge in [0, 0.05) is 49.9 Å². The zero-order valence-electron chi connectivity index (χ0n) is 16.7. The molecular formula is C23H34N2O2. The number of ether oxygens (including phenoxy) is 1.